The van der Waals surface area contributed by atoms with Gasteiger partial charge < -0.3 is 25.5 Å². The quantitative estimate of drug-likeness (QED) is 0.221. The molecule has 1 saturated heterocycles. The van der Waals surface area contributed by atoms with Crippen molar-refractivity contribution in [2.45, 2.75) is 18.9 Å². The molecule has 0 aromatic heterocycles. The number of hydrogen-bond acceptors (Lipinski definition) is 9. The number of aliphatic hydroxyl groups is 1. The van der Waals surface area contributed by atoms with E-state index >= 15 is 0 Å². The van der Waals surface area contributed by atoms with Crippen LogP contribution in [0.15, 0.2) is 0 Å². The van der Waals surface area contributed by atoms with E-state index in [2.05, 4.69) is 0 Å². The Kier molecular flexibility index (Phi) is 12.7. The van der Waals surface area contributed by atoms with Gasteiger partial charge in [-0.15, -0.1) is 0 Å². The lowest BCUT2D eigenvalue weighted by Gasteiger charge is -2.35. The summed E-state index contributed by atoms with van der Waals surface area (Å²) >= 11 is 0. The van der Waals surface area contributed by atoms with Gasteiger partial charge in [0.25, 0.3) is 0 Å². The van der Waals surface area contributed by atoms with E-state index in [4.69, 9.17) is 5.11 Å². The summed E-state index contributed by atoms with van der Waals surface area (Å²) in [6.07, 6.45) is -0.450. The third kappa shape index (κ3) is 11.3. The molecule has 0 amide bonds. The predicted octanol–water partition coefficient (Wildman–Crippen LogP) is -2.31. The number of β-amino-alcohol motifs (C(OH)–C–C–N with tert-alkyl or cyclic N) is 1. The van der Waals surface area contributed by atoms with Crippen LogP contribution < -0.4 is 0 Å². The average Bonchev–Trinajstić information content (AvgIpc) is 2.68. The molecule has 0 saturated carbocycles. The fourth-order valence-electron chi connectivity index (χ4n) is 3.65. The summed E-state index contributed by atoms with van der Waals surface area (Å²) in [7, 11) is 0. The SMILES string of the molecule is O=C(O)CCC(C(=O)O)N1CCN(CC(=O)O)CCN(CCO)CCN(CC(=O)O)CC1. The Morgan fingerprint density at radius 2 is 1.09 bits per heavy atom. The van der Waals surface area contributed by atoms with Crippen LogP contribution in [0.25, 0.3) is 0 Å². The molecule has 1 rings (SSSR count). The molecular formula is C19H34N4O9. The van der Waals surface area contributed by atoms with Crippen molar-refractivity contribution in [3.8, 4) is 0 Å². The fraction of sp³-hybridized carbons (Fsp3) is 0.789. The summed E-state index contributed by atoms with van der Waals surface area (Å²) in [5, 5.41) is 46.4. The van der Waals surface area contributed by atoms with E-state index in [0.717, 1.165) is 0 Å². The first-order valence-electron chi connectivity index (χ1n) is 10.5. The van der Waals surface area contributed by atoms with Crippen molar-refractivity contribution in [3.05, 3.63) is 0 Å². The molecule has 0 aromatic carbocycles. The Morgan fingerprint density at radius 3 is 1.47 bits per heavy atom. The van der Waals surface area contributed by atoms with Gasteiger partial charge in [-0.1, -0.05) is 0 Å². The lowest BCUT2D eigenvalue weighted by atomic mass is 10.1. The summed E-state index contributed by atoms with van der Waals surface area (Å²) < 4.78 is 0. The summed E-state index contributed by atoms with van der Waals surface area (Å²) in [5.74, 6) is -4.34. The molecule has 1 aliphatic heterocycles. The fourth-order valence-corrected chi connectivity index (χ4v) is 3.65. The van der Waals surface area contributed by atoms with E-state index in [-0.39, 0.29) is 58.7 Å². The molecule has 0 radical (unpaired) electrons. The predicted molar refractivity (Wildman–Crippen MR) is 112 cm³/mol. The van der Waals surface area contributed by atoms with Gasteiger partial charge in [0.15, 0.2) is 0 Å². The van der Waals surface area contributed by atoms with Crippen LogP contribution in [-0.2, 0) is 19.2 Å². The van der Waals surface area contributed by atoms with Crippen molar-refractivity contribution >= 4 is 23.9 Å². The molecule has 0 bridgehead atoms. The van der Waals surface area contributed by atoms with Crippen LogP contribution in [0, 0.1) is 0 Å². The van der Waals surface area contributed by atoms with Crippen LogP contribution in [0.2, 0.25) is 0 Å². The van der Waals surface area contributed by atoms with E-state index in [1.54, 1.807) is 14.7 Å². The molecule has 0 aromatic rings. The van der Waals surface area contributed by atoms with E-state index in [1.807, 2.05) is 4.90 Å². The molecule has 0 spiro atoms. The molecular weight excluding hydrogens is 428 g/mol. The van der Waals surface area contributed by atoms with Crippen LogP contribution >= 0.6 is 0 Å². The van der Waals surface area contributed by atoms with Gasteiger partial charge in [-0.3, -0.25) is 38.8 Å². The molecule has 1 atom stereocenters. The molecule has 0 aliphatic carbocycles. The zero-order valence-corrected chi connectivity index (χ0v) is 18.1. The lowest BCUT2D eigenvalue weighted by molar-refractivity contribution is -0.146. The van der Waals surface area contributed by atoms with Crippen molar-refractivity contribution in [2.75, 3.05) is 78.6 Å². The number of aliphatic carboxylic acids is 4. The maximum atomic E-state index is 11.8. The van der Waals surface area contributed by atoms with Crippen LogP contribution in [0.3, 0.4) is 0 Å². The Balaban J connectivity index is 3.07. The van der Waals surface area contributed by atoms with Crippen LogP contribution in [0.5, 0.6) is 0 Å². The highest BCUT2D eigenvalue weighted by molar-refractivity contribution is 5.75. The Labute approximate surface area is 186 Å². The zero-order chi connectivity index (χ0) is 24.1. The molecule has 1 unspecified atom stereocenters. The zero-order valence-electron chi connectivity index (χ0n) is 18.1. The second kappa shape index (κ2) is 14.7. The van der Waals surface area contributed by atoms with Crippen molar-refractivity contribution in [3.63, 3.8) is 0 Å². The smallest absolute Gasteiger partial charge is 0.320 e. The van der Waals surface area contributed by atoms with Crippen LogP contribution in [-0.4, -0.2) is 154 Å². The maximum absolute atomic E-state index is 11.8. The maximum Gasteiger partial charge on any atom is 0.320 e. The van der Waals surface area contributed by atoms with Crippen LogP contribution in [0.4, 0.5) is 0 Å². The molecule has 1 fully saturated rings. The number of carboxylic acids is 4. The summed E-state index contributed by atoms with van der Waals surface area (Å²) in [4.78, 5) is 52.2. The second-order valence-electron chi connectivity index (χ2n) is 7.73. The highest BCUT2D eigenvalue weighted by Gasteiger charge is 2.28. The van der Waals surface area contributed by atoms with Gasteiger partial charge in [-0.25, -0.2) is 0 Å². The molecule has 1 heterocycles. The Morgan fingerprint density at radius 1 is 0.656 bits per heavy atom. The first-order chi connectivity index (χ1) is 15.1. The highest BCUT2D eigenvalue weighted by Crippen LogP contribution is 2.10. The standard InChI is InChI=1S/C19H34N4O9/c24-12-11-20-3-5-21(13-17(27)28)7-9-23(15(19(31)32)1-2-16(25)26)10-8-22(6-4-20)14-18(29)30/h15,24H,1-14H2,(H,25,26)(H,27,28)(H,29,30)(H,31,32). The number of carbonyl (C=O) groups is 4. The summed E-state index contributed by atoms with van der Waals surface area (Å²) in [6.45, 7) is 2.31. The Bertz CT molecular complexity index is 602. The van der Waals surface area contributed by atoms with Gasteiger partial charge in [0, 0.05) is 65.3 Å². The largest absolute Gasteiger partial charge is 0.481 e. The third-order valence-corrected chi connectivity index (χ3v) is 5.36. The van der Waals surface area contributed by atoms with E-state index in [1.165, 1.54) is 0 Å². The van der Waals surface area contributed by atoms with Gasteiger partial charge in [-0.2, -0.15) is 0 Å². The number of carboxylic acid groups (broad SMARTS) is 4. The molecule has 1 aliphatic rings. The number of aliphatic hydroxyl groups excluding tert-OH is 1. The topological polar surface area (TPSA) is 182 Å². The van der Waals surface area contributed by atoms with Crippen molar-refractivity contribution < 1.29 is 44.7 Å². The van der Waals surface area contributed by atoms with E-state index in [9.17, 15) is 39.6 Å². The van der Waals surface area contributed by atoms with Crippen molar-refractivity contribution in [2.24, 2.45) is 0 Å². The molecule has 13 heteroatoms. The highest BCUT2D eigenvalue weighted by atomic mass is 16.4. The van der Waals surface area contributed by atoms with Crippen molar-refractivity contribution in [1.82, 2.24) is 19.6 Å². The average molecular weight is 463 g/mol. The van der Waals surface area contributed by atoms with E-state index in [0.29, 0.717) is 32.7 Å². The minimum Gasteiger partial charge on any atom is -0.481 e. The minimum atomic E-state index is -1.18. The monoisotopic (exact) mass is 462 g/mol. The second-order valence-corrected chi connectivity index (χ2v) is 7.73. The first-order valence-corrected chi connectivity index (χ1v) is 10.5. The van der Waals surface area contributed by atoms with Crippen molar-refractivity contribution in [1.29, 1.82) is 0 Å². The first kappa shape index (κ1) is 27.7. The number of nitrogens with zero attached hydrogens (tertiary/aromatic N) is 4. The molecule has 13 nitrogen and oxygen atoms in total. The Hall–Kier alpha value is -2.32. The van der Waals surface area contributed by atoms with Crippen LogP contribution in [0.1, 0.15) is 12.8 Å². The number of rotatable bonds is 11. The number of hydrogen-bond donors (Lipinski definition) is 5. The lowest BCUT2D eigenvalue weighted by Crippen LogP contribution is -2.51. The van der Waals surface area contributed by atoms with Gasteiger partial charge in [0.05, 0.1) is 19.7 Å². The van der Waals surface area contributed by atoms with E-state index < -0.39 is 29.9 Å². The molecule has 32 heavy (non-hydrogen) atoms. The van der Waals surface area contributed by atoms with Gasteiger partial charge in [-0.05, 0) is 6.42 Å². The van der Waals surface area contributed by atoms with Gasteiger partial charge >= 0.3 is 23.9 Å². The summed E-state index contributed by atoms with van der Waals surface area (Å²) in [6, 6.07) is -1.08. The molecule has 184 valence electrons. The molecule has 5 N–H and O–H groups in total. The van der Waals surface area contributed by atoms with Gasteiger partial charge in [0.1, 0.15) is 6.04 Å². The third-order valence-electron chi connectivity index (χ3n) is 5.36. The minimum absolute atomic E-state index is 0.0878. The van der Waals surface area contributed by atoms with Gasteiger partial charge in [0.2, 0.25) is 0 Å². The summed E-state index contributed by atoms with van der Waals surface area (Å²) in [5.41, 5.74) is 0. The normalized spacial score (nSPS) is 19.5.